The van der Waals surface area contributed by atoms with Gasteiger partial charge in [-0.1, -0.05) is 25.8 Å². The fourth-order valence-electron chi connectivity index (χ4n) is 1.91. The van der Waals surface area contributed by atoms with Crippen LogP contribution in [-0.2, 0) is 18.3 Å². The molecule has 0 amide bonds. The summed E-state index contributed by atoms with van der Waals surface area (Å²) in [6.45, 7) is 6.35. The fourth-order valence-corrected chi connectivity index (χ4v) is 2.83. The molecule has 0 saturated carbocycles. The van der Waals surface area contributed by atoms with Crippen LogP contribution in [0.2, 0.25) is 0 Å². The lowest BCUT2D eigenvalue weighted by molar-refractivity contribution is -0.870. The van der Waals surface area contributed by atoms with Crippen molar-refractivity contribution in [3.8, 4) is 0 Å². The standard InChI is InChI=1S/C16H34NO6P/c1-6-8-9-12-21-16(14-18)15(10-7-2)23-24(19,20)22-13-11-17(3,4)5/h7,15-16,18H,2,6,8-14H2,1,3-5H3/t15?,16-/m0/s1. The van der Waals surface area contributed by atoms with Gasteiger partial charge in [0.15, 0.2) is 0 Å². The first-order valence-corrected chi connectivity index (χ1v) is 9.89. The van der Waals surface area contributed by atoms with Crippen molar-refractivity contribution in [2.75, 3.05) is 47.5 Å². The van der Waals surface area contributed by atoms with Crippen LogP contribution in [0.25, 0.3) is 0 Å². The molecule has 24 heavy (non-hydrogen) atoms. The molecule has 0 radical (unpaired) electrons. The number of aliphatic hydroxyl groups excluding tert-OH is 1. The van der Waals surface area contributed by atoms with Crippen LogP contribution in [0.4, 0.5) is 0 Å². The maximum absolute atomic E-state index is 12.0. The minimum atomic E-state index is -4.48. The molecule has 8 heteroatoms. The van der Waals surface area contributed by atoms with Gasteiger partial charge in [-0.3, -0.25) is 4.57 Å². The van der Waals surface area contributed by atoms with Gasteiger partial charge in [-0.25, -0.2) is 0 Å². The van der Waals surface area contributed by atoms with Crippen LogP contribution >= 0.6 is 7.82 Å². The van der Waals surface area contributed by atoms with Crippen LogP contribution in [-0.4, -0.2) is 69.3 Å². The predicted molar refractivity (Wildman–Crippen MR) is 92.5 cm³/mol. The molecule has 0 heterocycles. The van der Waals surface area contributed by atoms with Crippen molar-refractivity contribution < 1.29 is 32.8 Å². The van der Waals surface area contributed by atoms with Crippen LogP contribution in [0.1, 0.15) is 32.6 Å². The van der Waals surface area contributed by atoms with Crippen LogP contribution in [0, 0.1) is 0 Å². The Labute approximate surface area is 146 Å². The molecule has 0 aromatic carbocycles. The van der Waals surface area contributed by atoms with E-state index in [9.17, 15) is 14.6 Å². The van der Waals surface area contributed by atoms with Gasteiger partial charge in [0.05, 0.1) is 33.9 Å². The van der Waals surface area contributed by atoms with Gasteiger partial charge in [0.25, 0.3) is 7.82 Å². The van der Waals surface area contributed by atoms with Gasteiger partial charge in [0, 0.05) is 6.61 Å². The maximum atomic E-state index is 12.0. The maximum Gasteiger partial charge on any atom is 0.268 e. The molecule has 0 aliphatic heterocycles. The summed E-state index contributed by atoms with van der Waals surface area (Å²) in [6.07, 6.45) is 3.11. The van der Waals surface area contributed by atoms with Gasteiger partial charge in [-0.2, -0.15) is 0 Å². The Balaban J connectivity index is 4.59. The molecular formula is C16H34NO6P. The van der Waals surface area contributed by atoms with Crippen molar-refractivity contribution in [3.63, 3.8) is 0 Å². The summed E-state index contributed by atoms with van der Waals surface area (Å²) in [5.41, 5.74) is 0. The number of unbranched alkanes of at least 4 members (excludes halogenated alkanes) is 2. The third-order valence-electron chi connectivity index (χ3n) is 3.35. The molecule has 0 spiro atoms. The number of nitrogens with zero attached hydrogens (tertiary/aromatic N) is 1. The van der Waals surface area contributed by atoms with E-state index in [-0.39, 0.29) is 19.6 Å². The first-order valence-electron chi connectivity index (χ1n) is 8.43. The lowest BCUT2D eigenvalue weighted by Gasteiger charge is -2.32. The Hall–Kier alpha value is -0.270. The van der Waals surface area contributed by atoms with Gasteiger partial charge in [-0.15, -0.1) is 6.58 Å². The quantitative estimate of drug-likeness (QED) is 0.205. The van der Waals surface area contributed by atoms with Gasteiger partial charge in [0.1, 0.15) is 19.3 Å². The Morgan fingerprint density at radius 3 is 2.42 bits per heavy atom. The molecule has 0 saturated heterocycles. The molecule has 3 atom stereocenters. The summed E-state index contributed by atoms with van der Waals surface area (Å²) in [7, 11) is 1.34. The van der Waals surface area contributed by atoms with E-state index in [4.69, 9.17) is 13.8 Å². The Morgan fingerprint density at radius 2 is 1.92 bits per heavy atom. The van der Waals surface area contributed by atoms with Crippen molar-refractivity contribution in [2.24, 2.45) is 0 Å². The molecule has 7 nitrogen and oxygen atoms in total. The molecular weight excluding hydrogens is 333 g/mol. The number of phosphoric ester groups is 1. The molecule has 0 rings (SSSR count). The minimum Gasteiger partial charge on any atom is -0.756 e. The molecule has 0 aliphatic rings. The Morgan fingerprint density at radius 1 is 1.25 bits per heavy atom. The average Bonchev–Trinajstić information content (AvgIpc) is 2.45. The zero-order chi connectivity index (χ0) is 18.6. The van der Waals surface area contributed by atoms with Gasteiger partial charge in [-0.05, 0) is 12.8 Å². The topological polar surface area (TPSA) is 88.1 Å². The summed E-state index contributed by atoms with van der Waals surface area (Å²) in [5, 5.41) is 9.48. The van der Waals surface area contributed by atoms with Crippen molar-refractivity contribution >= 4 is 7.82 Å². The third-order valence-corrected chi connectivity index (χ3v) is 4.38. The van der Waals surface area contributed by atoms with Gasteiger partial charge >= 0.3 is 0 Å². The fraction of sp³-hybridized carbons (Fsp3) is 0.875. The van der Waals surface area contributed by atoms with Crippen molar-refractivity contribution in [3.05, 3.63) is 12.7 Å². The summed E-state index contributed by atoms with van der Waals surface area (Å²) < 4.78 is 28.2. The van der Waals surface area contributed by atoms with Crippen LogP contribution in [0.5, 0.6) is 0 Å². The molecule has 2 unspecified atom stereocenters. The lowest BCUT2D eigenvalue weighted by atomic mass is 10.1. The SMILES string of the molecule is C=CCC(OP(=O)([O-])OCC[N+](C)(C)C)[C@H](CO)OCCCCC. The van der Waals surface area contributed by atoms with E-state index in [0.717, 1.165) is 19.3 Å². The highest BCUT2D eigenvalue weighted by molar-refractivity contribution is 7.45. The van der Waals surface area contributed by atoms with Crippen molar-refractivity contribution in [2.45, 2.75) is 44.8 Å². The monoisotopic (exact) mass is 367 g/mol. The first-order chi connectivity index (χ1) is 11.1. The van der Waals surface area contributed by atoms with Crippen LogP contribution in [0.15, 0.2) is 12.7 Å². The number of rotatable bonds is 15. The van der Waals surface area contributed by atoms with E-state index >= 15 is 0 Å². The first kappa shape index (κ1) is 23.7. The number of hydrogen-bond acceptors (Lipinski definition) is 6. The molecule has 0 aliphatic carbocycles. The highest BCUT2D eigenvalue weighted by Crippen LogP contribution is 2.41. The van der Waals surface area contributed by atoms with E-state index in [2.05, 4.69) is 13.5 Å². The molecule has 0 fully saturated rings. The van der Waals surface area contributed by atoms with E-state index in [1.807, 2.05) is 21.1 Å². The number of likely N-dealkylation sites (N-methyl/N-ethyl adjacent to an activating group) is 1. The predicted octanol–water partition coefficient (Wildman–Crippen LogP) is 1.71. The summed E-state index contributed by atoms with van der Waals surface area (Å²) in [4.78, 5) is 12.0. The number of ether oxygens (including phenoxy) is 1. The molecule has 0 aromatic heterocycles. The number of hydrogen-bond donors (Lipinski definition) is 1. The third kappa shape index (κ3) is 12.1. The van der Waals surface area contributed by atoms with Crippen molar-refractivity contribution in [1.82, 2.24) is 0 Å². The molecule has 144 valence electrons. The molecule has 1 N–H and O–H groups in total. The summed E-state index contributed by atoms with van der Waals surface area (Å²) in [5.74, 6) is 0. The lowest BCUT2D eigenvalue weighted by Crippen LogP contribution is -2.38. The van der Waals surface area contributed by atoms with E-state index in [0.29, 0.717) is 17.6 Å². The Bertz CT molecular complexity index is 385. The van der Waals surface area contributed by atoms with E-state index in [1.165, 1.54) is 6.08 Å². The van der Waals surface area contributed by atoms with Gasteiger partial charge in [0.2, 0.25) is 0 Å². The highest BCUT2D eigenvalue weighted by atomic mass is 31.2. The van der Waals surface area contributed by atoms with Crippen LogP contribution < -0.4 is 4.89 Å². The number of aliphatic hydroxyl groups is 1. The molecule has 0 aromatic rings. The van der Waals surface area contributed by atoms with Crippen molar-refractivity contribution in [1.29, 1.82) is 0 Å². The zero-order valence-corrected chi connectivity index (χ0v) is 16.4. The number of quaternary nitrogens is 1. The second-order valence-corrected chi connectivity index (χ2v) is 8.12. The van der Waals surface area contributed by atoms with E-state index in [1.54, 1.807) is 0 Å². The summed E-state index contributed by atoms with van der Waals surface area (Å²) in [6, 6.07) is 0. The number of phosphoric acid groups is 1. The second-order valence-electron chi connectivity index (χ2n) is 6.76. The average molecular weight is 367 g/mol. The zero-order valence-electron chi connectivity index (χ0n) is 15.5. The molecule has 0 bridgehead atoms. The normalized spacial score (nSPS) is 17.2. The smallest absolute Gasteiger partial charge is 0.268 e. The summed E-state index contributed by atoms with van der Waals surface area (Å²) >= 11 is 0. The van der Waals surface area contributed by atoms with Gasteiger partial charge < -0.3 is 28.3 Å². The van der Waals surface area contributed by atoms with Crippen LogP contribution in [0.3, 0.4) is 0 Å². The largest absolute Gasteiger partial charge is 0.756 e. The second kappa shape index (κ2) is 12.1. The minimum absolute atomic E-state index is 0.0340. The highest BCUT2D eigenvalue weighted by Gasteiger charge is 2.26. The van der Waals surface area contributed by atoms with E-state index < -0.39 is 20.0 Å². The Kier molecular flexibility index (Phi) is 12.0.